The molecule has 11 heteroatoms. The standard InChI is InChI=1S/C42H39F2N5O4/c1-23-20-30-31(46(2)41(23)52)9-4-10-33(30)48-17-5-6-25-21-28(29(39(43)44)22-36(25)48)24-15-18-47(19-16-24)32-11-12-34-38-26(32)7-3-8-27(38)42(53)49(34)35-13-14-37(50)45-40(35)51/h3-4,7-12,20-22,24,35,39H,5-6,13-19H2,1-2H3,(H,45,50,51). The van der Waals surface area contributed by atoms with Gasteiger partial charge in [0, 0.05) is 77.3 Å². The lowest BCUT2D eigenvalue weighted by Crippen LogP contribution is -2.53. The average Bonchev–Trinajstić information content (AvgIpc) is 3.45. The van der Waals surface area contributed by atoms with Gasteiger partial charge in [0.1, 0.15) is 6.04 Å². The third-order valence-electron chi connectivity index (χ3n) is 11.9. The van der Waals surface area contributed by atoms with Crippen LogP contribution < -0.4 is 25.6 Å². The number of fused-ring (bicyclic) bond motifs is 2. The molecule has 0 bridgehead atoms. The number of hydrogen-bond donors (Lipinski definition) is 1. The van der Waals surface area contributed by atoms with E-state index in [1.54, 1.807) is 30.7 Å². The van der Waals surface area contributed by atoms with E-state index in [0.29, 0.717) is 49.3 Å². The van der Waals surface area contributed by atoms with E-state index in [9.17, 15) is 28.0 Å². The number of rotatable bonds is 5. The normalized spacial score (nSPS) is 19.2. The molecule has 4 aromatic carbocycles. The van der Waals surface area contributed by atoms with Gasteiger partial charge in [-0.2, -0.15) is 0 Å². The molecule has 9 nitrogen and oxygen atoms in total. The van der Waals surface area contributed by atoms with Crippen LogP contribution in [0.5, 0.6) is 0 Å². The fraction of sp³-hybridized carbons (Fsp3) is 0.333. The van der Waals surface area contributed by atoms with Gasteiger partial charge in [0.2, 0.25) is 11.8 Å². The van der Waals surface area contributed by atoms with Crippen LogP contribution in [0.2, 0.25) is 0 Å². The van der Waals surface area contributed by atoms with E-state index in [0.717, 1.165) is 62.7 Å². The molecule has 0 aliphatic carbocycles. The first-order chi connectivity index (χ1) is 25.6. The van der Waals surface area contributed by atoms with E-state index in [1.807, 2.05) is 54.6 Å². The molecule has 1 atom stereocenters. The van der Waals surface area contributed by atoms with E-state index in [4.69, 9.17) is 0 Å². The lowest BCUT2D eigenvalue weighted by molar-refractivity contribution is -0.134. The van der Waals surface area contributed by atoms with E-state index >= 15 is 0 Å². The van der Waals surface area contributed by atoms with Crippen LogP contribution in [-0.2, 0) is 23.1 Å². The summed E-state index contributed by atoms with van der Waals surface area (Å²) in [6.45, 7) is 3.82. The average molecular weight is 716 g/mol. The number of hydrogen-bond acceptors (Lipinski definition) is 6. The SMILES string of the molecule is Cc1cc2c(N3CCCc4cc(C5CCN(c6ccc7c8c(cccc68)C(=O)N7C6CCC(=O)NC6=O)CC5)c(C(F)F)cc43)cccc2n(C)c1=O. The Balaban J connectivity index is 1.01. The Morgan fingerprint density at radius 2 is 1.57 bits per heavy atom. The minimum absolute atomic E-state index is 0.0352. The summed E-state index contributed by atoms with van der Waals surface area (Å²) in [5.74, 6) is -1.07. The van der Waals surface area contributed by atoms with Gasteiger partial charge >= 0.3 is 0 Å². The summed E-state index contributed by atoms with van der Waals surface area (Å²) in [5, 5.41) is 5.00. The lowest BCUT2D eigenvalue weighted by atomic mass is 9.83. The van der Waals surface area contributed by atoms with Crippen molar-refractivity contribution in [1.82, 2.24) is 9.88 Å². The van der Waals surface area contributed by atoms with E-state index in [-0.39, 0.29) is 41.7 Å². The quantitative estimate of drug-likeness (QED) is 0.194. The number of aromatic nitrogens is 1. The van der Waals surface area contributed by atoms with Crippen LogP contribution >= 0.6 is 0 Å². The highest BCUT2D eigenvalue weighted by Gasteiger charge is 2.41. The molecule has 1 unspecified atom stereocenters. The Bertz CT molecular complexity index is 2450. The van der Waals surface area contributed by atoms with Gasteiger partial charge in [-0.25, -0.2) is 8.78 Å². The summed E-state index contributed by atoms with van der Waals surface area (Å²) < 4.78 is 31.6. The number of imide groups is 1. The minimum Gasteiger partial charge on any atom is -0.371 e. The molecule has 53 heavy (non-hydrogen) atoms. The second kappa shape index (κ2) is 12.5. The smallest absolute Gasteiger partial charge is 0.264 e. The highest BCUT2D eigenvalue weighted by atomic mass is 19.3. The van der Waals surface area contributed by atoms with Crippen molar-refractivity contribution in [3.05, 3.63) is 105 Å². The van der Waals surface area contributed by atoms with Crippen LogP contribution in [0, 0.1) is 6.92 Å². The molecule has 0 radical (unpaired) electrons. The molecule has 4 aliphatic heterocycles. The molecule has 5 aromatic rings. The van der Waals surface area contributed by atoms with Crippen LogP contribution in [0.15, 0.2) is 71.5 Å². The lowest BCUT2D eigenvalue weighted by Gasteiger charge is -2.37. The minimum atomic E-state index is -2.63. The Kier molecular flexibility index (Phi) is 7.87. The number of pyridine rings is 1. The Labute approximate surface area is 304 Å². The largest absolute Gasteiger partial charge is 0.371 e. The highest BCUT2D eigenvalue weighted by molar-refractivity contribution is 6.28. The monoisotopic (exact) mass is 715 g/mol. The molecule has 0 spiro atoms. The van der Waals surface area contributed by atoms with Crippen molar-refractivity contribution in [3.8, 4) is 0 Å². The maximum Gasteiger partial charge on any atom is 0.264 e. The molecule has 9 rings (SSSR count). The van der Waals surface area contributed by atoms with Crippen molar-refractivity contribution in [2.75, 3.05) is 34.3 Å². The molecule has 4 aliphatic rings. The summed E-state index contributed by atoms with van der Waals surface area (Å²) >= 11 is 0. The second-order valence-corrected chi connectivity index (χ2v) is 14.8. The van der Waals surface area contributed by atoms with Crippen molar-refractivity contribution in [1.29, 1.82) is 0 Å². The molecule has 1 aromatic heterocycles. The molecular formula is C42H39F2N5O4. The van der Waals surface area contributed by atoms with Gasteiger partial charge in [-0.15, -0.1) is 0 Å². The number of nitrogens with zero attached hydrogens (tertiary/aromatic N) is 4. The zero-order valence-corrected chi connectivity index (χ0v) is 29.6. The fourth-order valence-electron chi connectivity index (χ4n) is 9.27. The van der Waals surface area contributed by atoms with Gasteiger partial charge in [0.15, 0.2) is 0 Å². The third-order valence-corrected chi connectivity index (χ3v) is 11.9. The van der Waals surface area contributed by atoms with E-state index < -0.39 is 18.4 Å². The molecule has 0 saturated carbocycles. The number of nitrogens with one attached hydrogen (secondary N) is 1. The summed E-state index contributed by atoms with van der Waals surface area (Å²) in [4.78, 5) is 56.9. The number of alkyl halides is 2. The summed E-state index contributed by atoms with van der Waals surface area (Å²) in [6, 6.07) is 20.3. The molecule has 5 heterocycles. The van der Waals surface area contributed by atoms with Crippen molar-refractivity contribution < 1.29 is 23.2 Å². The number of piperidine rings is 2. The number of amides is 3. The van der Waals surface area contributed by atoms with E-state index in [1.165, 1.54) is 4.90 Å². The van der Waals surface area contributed by atoms with Gasteiger partial charge < -0.3 is 14.4 Å². The highest BCUT2D eigenvalue weighted by Crippen LogP contribution is 2.46. The fourth-order valence-corrected chi connectivity index (χ4v) is 9.27. The second-order valence-electron chi connectivity index (χ2n) is 14.8. The maximum atomic E-state index is 15.0. The predicted octanol–water partition coefficient (Wildman–Crippen LogP) is 7.17. The predicted molar refractivity (Wildman–Crippen MR) is 202 cm³/mol. The van der Waals surface area contributed by atoms with Crippen LogP contribution in [0.3, 0.4) is 0 Å². The van der Waals surface area contributed by atoms with E-state index in [2.05, 4.69) is 15.1 Å². The Morgan fingerprint density at radius 3 is 2.34 bits per heavy atom. The topological polar surface area (TPSA) is 95.0 Å². The Morgan fingerprint density at radius 1 is 0.792 bits per heavy atom. The number of aryl methyl sites for hydroxylation is 3. The van der Waals surface area contributed by atoms with Gasteiger partial charge in [0.25, 0.3) is 17.9 Å². The summed E-state index contributed by atoms with van der Waals surface area (Å²) in [5.41, 5.74) is 7.15. The molecule has 270 valence electrons. The first-order valence-electron chi connectivity index (χ1n) is 18.4. The number of benzene rings is 4. The molecule has 2 saturated heterocycles. The van der Waals surface area contributed by atoms with Crippen LogP contribution in [0.1, 0.15) is 77.1 Å². The van der Waals surface area contributed by atoms with Crippen molar-refractivity contribution in [3.63, 3.8) is 0 Å². The number of halogens is 2. The number of carbonyl (C=O) groups is 3. The molecule has 2 fully saturated rings. The number of anilines is 4. The van der Waals surface area contributed by atoms with Gasteiger partial charge in [-0.3, -0.25) is 29.4 Å². The first kappa shape index (κ1) is 33.3. The third kappa shape index (κ3) is 5.22. The maximum absolute atomic E-state index is 15.0. The molecule has 3 amide bonds. The zero-order chi connectivity index (χ0) is 36.7. The van der Waals surface area contributed by atoms with Crippen LogP contribution in [0.4, 0.5) is 31.5 Å². The molecular weight excluding hydrogens is 676 g/mol. The molecule has 1 N–H and O–H groups in total. The first-order valence-corrected chi connectivity index (χ1v) is 18.4. The zero-order valence-electron chi connectivity index (χ0n) is 29.6. The van der Waals surface area contributed by atoms with Gasteiger partial charge in [-0.05, 0) is 98.5 Å². The van der Waals surface area contributed by atoms with Crippen molar-refractivity contribution in [2.45, 2.75) is 63.8 Å². The summed E-state index contributed by atoms with van der Waals surface area (Å²) in [7, 11) is 1.77. The number of carbonyl (C=O) groups excluding carboxylic acids is 3. The van der Waals surface area contributed by atoms with Gasteiger partial charge in [-0.1, -0.05) is 24.3 Å². The van der Waals surface area contributed by atoms with Crippen molar-refractivity contribution >= 4 is 62.1 Å². The van der Waals surface area contributed by atoms with Gasteiger partial charge in [0.05, 0.1) is 16.9 Å². The summed E-state index contributed by atoms with van der Waals surface area (Å²) in [6.07, 6.45) is 0.900. The van der Waals surface area contributed by atoms with Crippen molar-refractivity contribution in [2.24, 2.45) is 7.05 Å². The Hall–Kier alpha value is -5.58. The van der Waals surface area contributed by atoms with Crippen LogP contribution in [-0.4, -0.2) is 48.0 Å². The van der Waals surface area contributed by atoms with Crippen LogP contribution in [0.25, 0.3) is 21.7 Å².